The van der Waals surface area contributed by atoms with Crippen LogP contribution < -0.4 is 16.8 Å². The van der Waals surface area contributed by atoms with Crippen molar-refractivity contribution < 1.29 is 34.8 Å². The summed E-state index contributed by atoms with van der Waals surface area (Å²) in [6.45, 7) is 5.11. The highest BCUT2D eigenvalue weighted by Gasteiger charge is 2.29. The van der Waals surface area contributed by atoms with Crippen LogP contribution in [0.5, 0.6) is 0 Å². The first-order chi connectivity index (χ1) is 35.6. The Morgan fingerprint density at radius 3 is 1.42 bits per heavy atom. The summed E-state index contributed by atoms with van der Waals surface area (Å²) in [4.78, 5) is 61.3. The molecule has 0 unspecified atom stereocenters. The van der Waals surface area contributed by atoms with Crippen molar-refractivity contribution in [2.24, 2.45) is 0 Å². The van der Waals surface area contributed by atoms with Crippen LogP contribution in [-0.2, 0) is 32.7 Å². The minimum Gasteiger partial charge on any atom is -0.395 e. The van der Waals surface area contributed by atoms with Gasteiger partial charge in [-0.1, -0.05) is 109 Å². The molecule has 0 spiro atoms. The van der Waals surface area contributed by atoms with Gasteiger partial charge in [0.05, 0.1) is 37.5 Å². The van der Waals surface area contributed by atoms with Crippen molar-refractivity contribution in [3.05, 3.63) is 178 Å². The first-order valence-corrected chi connectivity index (χ1v) is 24.0. The zero-order valence-electron chi connectivity index (χ0n) is 40.3. The van der Waals surface area contributed by atoms with Crippen LogP contribution in [0.2, 0.25) is 0 Å². The maximum absolute atomic E-state index is 13.6. The van der Waals surface area contributed by atoms with E-state index in [0.717, 1.165) is 56.4 Å². The van der Waals surface area contributed by atoms with Crippen molar-refractivity contribution in [1.29, 1.82) is 0 Å². The fourth-order valence-electron chi connectivity index (χ4n) is 9.09. The number of aliphatic hydroxyl groups is 4. The number of carbonyl (C=O) groups is 3. The van der Waals surface area contributed by atoms with Crippen LogP contribution >= 0.6 is 0 Å². The molecule has 2 aliphatic rings. The maximum Gasteiger partial charge on any atom is 0.273 e. The highest BCUT2D eigenvalue weighted by atomic mass is 16.3. The summed E-state index contributed by atoms with van der Waals surface area (Å²) in [6, 6.07) is 42.7. The van der Waals surface area contributed by atoms with Crippen LogP contribution in [0.25, 0.3) is 44.1 Å². The van der Waals surface area contributed by atoms with Gasteiger partial charge in [0, 0.05) is 75.2 Å². The molecule has 10 rings (SSSR count). The normalized spacial score (nSPS) is 12.5. The number of anilines is 2. The molecule has 4 heterocycles. The molecule has 6 aromatic carbocycles. The Morgan fingerprint density at radius 2 is 0.973 bits per heavy atom. The number of fused-ring (bicyclic) bond motifs is 4. The number of amides is 2. The van der Waals surface area contributed by atoms with Crippen LogP contribution in [0.4, 0.5) is 11.9 Å². The molecule has 2 amide bonds. The van der Waals surface area contributed by atoms with Gasteiger partial charge in [0.2, 0.25) is 11.9 Å². The van der Waals surface area contributed by atoms with E-state index in [-0.39, 0.29) is 55.8 Å². The molecule has 0 saturated carbocycles. The SMILES string of the molecule is Nc1nc(C(=O)N2Cc3ccccc3C2)c2cc(-c3ccccc3C=O)ccc2n1.Nc1nc(C(=O)N2Cc3ccccc3C2)c2cc(-c3ccccc3CN(CCO)CCO)ccc2n1.OCCNCCO. The van der Waals surface area contributed by atoms with Crippen molar-refractivity contribution >= 4 is 51.8 Å². The predicted molar refractivity (Wildman–Crippen MR) is 281 cm³/mol. The molecular formula is C56H58N10O7. The summed E-state index contributed by atoms with van der Waals surface area (Å²) >= 11 is 0. The third-order valence-electron chi connectivity index (χ3n) is 12.6. The van der Waals surface area contributed by atoms with Gasteiger partial charge < -0.3 is 47.0 Å². The molecule has 17 nitrogen and oxygen atoms in total. The molecule has 2 aliphatic heterocycles. The van der Waals surface area contributed by atoms with Gasteiger partial charge in [-0.15, -0.1) is 0 Å². The highest BCUT2D eigenvalue weighted by molar-refractivity contribution is 6.07. The number of hydrogen-bond acceptors (Lipinski definition) is 15. The quantitative estimate of drug-likeness (QED) is 0.0513. The first-order valence-electron chi connectivity index (χ1n) is 24.0. The lowest BCUT2D eigenvalue weighted by Gasteiger charge is -2.22. The van der Waals surface area contributed by atoms with Crippen LogP contribution in [0, 0.1) is 0 Å². The summed E-state index contributed by atoms with van der Waals surface area (Å²) in [5.41, 5.74) is 23.4. The lowest BCUT2D eigenvalue weighted by atomic mass is 9.97. The first kappa shape index (κ1) is 51.3. The van der Waals surface area contributed by atoms with Crippen molar-refractivity contribution in [2.75, 3.05) is 64.1 Å². The Hall–Kier alpha value is -8.03. The fourth-order valence-corrected chi connectivity index (χ4v) is 9.09. The van der Waals surface area contributed by atoms with Gasteiger partial charge in [0.25, 0.3) is 11.8 Å². The number of aliphatic hydroxyl groups excluding tert-OH is 4. The third kappa shape index (κ3) is 12.2. The van der Waals surface area contributed by atoms with Crippen molar-refractivity contribution in [3.63, 3.8) is 0 Å². The van der Waals surface area contributed by atoms with Crippen molar-refractivity contribution in [2.45, 2.75) is 32.7 Å². The van der Waals surface area contributed by atoms with E-state index in [1.54, 1.807) is 21.9 Å². The Balaban J connectivity index is 0.000000174. The lowest BCUT2D eigenvalue weighted by molar-refractivity contribution is 0.0741. The van der Waals surface area contributed by atoms with Crippen LogP contribution in [0.1, 0.15) is 59.2 Å². The third-order valence-corrected chi connectivity index (χ3v) is 12.6. The smallest absolute Gasteiger partial charge is 0.273 e. The molecule has 374 valence electrons. The van der Waals surface area contributed by atoms with Crippen LogP contribution in [0.15, 0.2) is 133 Å². The van der Waals surface area contributed by atoms with Gasteiger partial charge in [-0.05, 0) is 74.3 Å². The van der Waals surface area contributed by atoms with Crippen molar-refractivity contribution in [3.8, 4) is 22.3 Å². The van der Waals surface area contributed by atoms with E-state index in [1.807, 2.05) is 126 Å². The minimum atomic E-state index is -0.189. The number of benzene rings is 6. The average molecular weight is 983 g/mol. The molecule has 0 atom stereocenters. The van der Waals surface area contributed by atoms with Gasteiger partial charge >= 0.3 is 0 Å². The molecule has 17 heteroatoms. The van der Waals surface area contributed by atoms with Crippen molar-refractivity contribution in [1.82, 2.24) is 40.0 Å². The van der Waals surface area contributed by atoms with E-state index in [0.29, 0.717) is 92.0 Å². The molecule has 2 aromatic heterocycles. The lowest BCUT2D eigenvalue weighted by Crippen LogP contribution is -2.29. The Kier molecular flexibility index (Phi) is 17.2. The molecule has 0 saturated heterocycles. The second-order valence-corrected chi connectivity index (χ2v) is 17.5. The summed E-state index contributed by atoms with van der Waals surface area (Å²) in [5.74, 6) is -0.234. The number of carbonyl (C=O) groups excluding carboxylic acids is 3. The molecule has 0 aliphatic carbocycles. The molecule has 0 bridgehead atoms. The van der Waals surface area contributed by atoms with E-state index >= 15 is 0 Å². The number of rotatable bonds is 15. The summed E-state index contributed by atoms with van der Waals surface area (Å²) in [7, 11) is 0. The second kappa shape index (κ2) is 24.4. The monoisotopic (exact) mass is 982 g/mol. The van der Waals surface area contributed by atoms with E-state index < -0.39 is 0 Å². The zero-order valence-corrected chi connectivity index (χ0v) is 40.3. The Morgan fingerprint density at radius 1 is 0.548 bits per heavy atom. The maximum atomic E-state index is 13.6. The molecule has 0 radical (unpaired) electrons. The standard InChI is InChI=1S/C28H29N5O3.C24H18N4O2.C4H11NO2/c29-28-30-25-10-9-19(23-8-4-3-7-22(23)16-32(11-13-34)12-14-35)15-24(25)26(31-28)27(36)33-17-20-5-1-2-6-21(20)18-33;25-24-26-21-10-9-15(19-8-4-3-7-18(19)14-29)11-20(21)22(27-24)23(30)28-12-16-5-1-2-6-17(16)13-28;6-3-1-5-2-4-7/h1-10,15,34-35H,11-14,16-18H2,(H2,29,30,31);1-11,14H,12-13H2,(H2,25,26,27);5-7H,1-4H2. The van der Waals surface area contributed by atoms with E-state index in [9.17, 15) is 24.6 Å². The summed E-state index contributed by atoms with van der Waals surface area (Å²) in [6.07, 6.45) is 0.826. The number of nitrogens with two attached hydrogens (primary N) is 2. The second-order valence-electron chi connectivity index (χ2n) is 17.5. The molecular weight excluding hydrogens is 925 g/mol. The highest BCUT2D eigenvalue weighted by Crippen LogP contribution is 2.33. The van der Waals surface area contributed by atoms with Gasteiger partial charge in [-0.3, -0.25) is 19.3 Å². The summed E-state index contributed by atoms with van der Waals surface area (Å²) in [5, 5.41) is 39.2. The Bertz CT molecular complexity index is 3180. The predicted octanol–water partition coefficient (Wildman–Crippen LogP) is 5.23. The van der Waals surface area contributed by atoms with Crippen LogP contribution in [0.3, 0.4) is 0 Å². The van der Waals surface area contributed by atoms with E-state index in [1.165, 1.54) is 0 Å². The van der Waals surface area contributed by atoms with Gasteiger partial charge in [0.15, 0.2) is 6.29 Å². The molecule has 73 heavy (non-hydrogen) atoms. The number of nitrogens with zero attached hydrogens (tertiary/aromatic N) is 7. The number of hydrogen-bond donors (Lipinski definition) is 7. The Labute approximate surface area is 422 Å². The molecule has 0 fully saturated rings. The van der Waals surface area contributed by atoms with Gasteiger partial charge in [-0.25, -0.2) is 19.9 Å². The van der Waals surface area contributed by atoms with E-state index in [2.05, 4.69) is 25.3 Å². The van der Waals surface area contributed by atoms with Gasteiger partial charge in [0.1, 0.15) is 11.4 Å². The van der Waals surface area contributed by atoms with E-state index in [4.69, 9.17) is 21.7 Å². The van der Waals surface area contributed by atoms with Gasteiger partial charge in [-0.2, -0.15) is 0 Å². The number of aromatic nitrogens is 4. The molecule has 8 aromatic rings. The van der Waals surface area contributed by atoms with Crippen LogP contribution in [-0.4, -0.2) is 126 Å². The largest absolute Gasteiger partial charge is 0.395 e. The minimum absolute atomic E-state index is 0.0166. The summed E-state index contributed by atoms with van der Waals surface area (Å²) < 4.78 is 0. The number of nitrogen functional groups attached to an aromatic ring is 2. The zero-order chi connectivity index (χ0) is 51.3. The average Bonchev–Trinajstić information content (AvgIpc) is 4.06. The fraction of sp³-hybridized carbons (Fsp3) is 0.232. The number of aldehydes is 1. The topological polar surface area (TPSA) is 257 Å². The number of nitrogens with one attached hydrogen (secondary N) is 1. The molecule has 9 N–H and O–H groups in total.